The maximum atomic E-state index is 11.3. The molecule has 0 radical (unpaired) electrons. The van der Waals surface area contributed by atoms with Crippen molar-refractivity contribution in [3.05, 3.63) is 0 Å². The highest BCUT2D eigenvalue weighted by Gasteiger charge is 2.34. The van der Waals surface area contributed by atoms with Crippen LogP contribution in [0.3, 0.4) is 0 Å². The predicted octanol–water partition coefficient (Wildman–Crippen LogP) is 3.80. The highest BCUT2D eigenvalue weighted by Crippen LogP contribution is 2.35. The number of carbonyl (C=O) groups is 1. The van der Waals surface area contributed by atoms with Crippen LogP contribution in [0.4, 0.5) is 0 Å². The third-order valence-electron chi connectivity index (χ3n) is 2.69. The average Bonchev–Trinajstić information content (AvgIpc) is 2.14. The SMILES string of the molecule is CCC(C)SC(C)(CCC(C)C)C(=O)O. The van der Waals surface area contributed by atoms with E-state index in [0.29, 0.717) is 11.2 Å². The van der Waals surface area contributed by atoms with E-state index in [1.165, 1.54) is 0 Å². The van der Waals surface area contributed by atoms with Gasteiger partial charge in [0.05, 0.1) is 0 Å². The van der Waals surface area contributed by atoms with E-state index in [1.54, 1.807) is 11.8 Å². The third-order valence-corrected chi connectivity index (χ3v) is 4.32. The molecule has 0 aliphatic rings. The Hall–Kier alpha value is -0.180. The van der Waals surface area contributed by atoms with Crippen molar-refractivity contribution >= 4 is 17.7 Å². The summed E-state index contributed by atoms with van der Waals surface area (Å²) in [4.78, 5) is 11.3. The summed E-state index contributed by atoms with van der Waals surface area (Å²) in [6.07, 6.45) is 2.76. The summed E-state index contributed by atoms with van der Waals surface area (Å²) in [6, 6.07) is 0. The zero-order chi connectivity index (χ0) is 12.1. The van der Waals surface area contributed by atoms with Crippen LogP contribution in [-0.2, 0) is 4.79 Å². The molecule has 0 spiro atoms. The van der Waals surface area contributed by atoms with Gasteiger partial charge in [-0.2, -0.15) is 0 Å². The monoisotopic (exact) mass is 232 g/mol. The summed E-state index contributed by atoms with van der Waals surface area (Å²) < 4.78 is -0.611. The van der Waals surface area contributed by atoms with Gasteiger partial charge in [-0.3, -0.25) is 4.79 Å². The molecule has 2 atom stereocenters. The molecule has 0 saturated heterocycles. The second-order valence-corrected chi connectivity index (χ2v) is 6.75. The zero-order valence-electron chi connectivity index (χ0n) is 10.5. The Kier molecular flexibility index (Phi) is 6.34. The lowest BCUT2D eigenvalue weighted by Gasteiger charge is -2.27. The van der Waals surface area contributed by atoms with Gasteiger partial charge in [0.1, 0.15) is 4.75 Å². The van der Waals surface area contributed by atoms with Crippen molar-refractivity contribution in [3.63, 3.8) is 0 Å². The zero-order valence-corrected chi connectivity index (χ0v) is 11.4. The first-order valence-corrected chi connectivity index (χ1v) is 6.61. The first kappa shape index (κ1) is 14.8. The molecular formula is C12H24O2S. The van der Waals surface area contributed by atoms with Crippen molar-refractivity contribution in [2.45, 2.75) is 63.9 Å². The molecule has 90 valence electrons. The summed E-state index contributed by atoms with van der Waals surface area (Å²) in [6.45, 7) is 10.3. The van der Waals surface area contributed by atoms with Gasteiger partial charge in [-0.15, -0.1) is 11.8 Å². The number of hydrogen-bond acceptors (Lipinski definition) is 2. The molecule has 2 nitrogen and oxygen atoms in total. The molecule has 0 aromatic carbocycles. The topological polar surface area (TPSA) is 37.3 Å². The van der Waals surface area contributed by atoms with Gasteiger partial charge in [0.25, 0.3) is 0 Å². The summed E-state index contributed by atoms with van der Waals surface area (Å²) in [5.74, 6) is -0.102. The van der Waals surface area contributed by atoms with Crippen molar-refractivity contribution in [2.75, 3.05) is 0 Å². The molecule has 0 aromatic rings. The van der Waals surface area contributed by atoms with Gasteiger partial charge in [-0.25, -0.2) is 0 Å². The minimum atomic E-state index is -0.673. The van der Waals surface area contributed by atoms with Crippen LogP contribution in [0.5, 0.6) is 0 Å². The van der Waals surface area contributed by atoms with Gasteiger partial charge < -0.3 is 5.11 Å². The largest absolute Gasteiger partial charge is 0.480 e. The van der Waals surface area contributed by atoms with Gasteiger partial charge in [0.2, 0.25) is 0 Å². The van der Waals surface area contributed by atoms with Crippen LogP contribution in [0.25, 0.3) is 0 Å². The van der Waals surface area contributed by atoms with E-state index in [4.69, 9.17) is 0 Å². The maximum Gasteiger partial charge on any atom is 0.319 e. The van der Waals surface area contributed by atoms with Crippen LogP contribution in [0.15, 0.2) is 0 Å². The Bertz CT molecular complexity index is 204. The van der Waals surface area contributed by atoms with E-state index in [9.17, 15) is 9.90 Å². The van der Waals surface area contributed by atoms with Crippen LogP contribution in [-0.4, -0.2) is 21.1 Å². The van der Waals surface area contributed by atoms with Gasteiger partial charge >= 0.3 is 5.97 Å². The Balaban J connectivity index is 4.38. The van der Waals surface area contributed by atoms with E-state index in [0.717, 1.165) is 19.3 Å². The molecule has 0 aliphatic heterocycles. The van der Waals surface area contributed by atoms with Crippen LogP contribution in [0, 0.1) is 5.92 Å². The highest BCUT2D eigenvalue weighted by molar-refractivity contribution is 8.01. The van der Waals surface area contributed by atoms with Crippen molar-refractivity contribution in [1.29, 1.82) is 0 Å². The van der Waals surface area contributed by atoms with Gasteiger partial charge in [-0.05, 0) is 32.1 Å². The summed E-state index contributed by atoms with van der Waals surface area (Å²) in [5, 5.41) is 9.68. The second kappa shape index (κ2) is 6.41. The molecule has 3 heteroatoms. The average molecular weight is 232 g/mol. The molecule has 0 rings (SSSR count). The standard InChI is InChI=1S/C12H24O2S/c1-6-10(4)15-12(5,11(13)14)8-7-9(2)3/h9-10H,6-8H2,1-5H3,(H,13,14). The molecule has 0 saturated carbocycles. The molecule has 0 fully saturated rings. The van der Waals surface area contributed by atoms with Crippen LogP contribution < -0.4 is 0 Å². The number of carboxylic acid groups (broad SMARTS) is 1. The molecule has 15 heavy (non-hydrogen) atoms. The molecule has 2 unspecified atom stereocenters. The molecule has 0 heterocycles. The smallest absolute Gasteiger partial charge is 0.319 e. The lowest BCUT2D eigenvalue weighted by molar-refractivity contribution is -0.139. The quantitative estimate of drug-likeness (QED) is 0.725. The molecule has 0 aliphatic carbocycles. The maximum absolute atomic E-state index is 11.3. The van der Waals surface area contributed by atoms with Crippen molar-refractivity contribution in [1.82, 2.24) is 0 Å². The van der Waals surface area contributed by atoms with Crippen LogP contribution in [0.2, 0.25) is 0 Å². The fraction of sp³-hybridized carbons (Fsp3) is 0.917. The Morgan fingerprint density at radius 1 is 1.40 bits per heavy atom. The fourth-order valence-corrected chi connectivity index (χ4v) is 2.70. The second-order valence-electron chi connectivity index (χ2n) is 4.81. The lowest BCUT2D eigenvalue weighted by Crippen LogP contribution is -2.33. The first-order chi connectivity index (χ1) is 6.81. The van der Waals surface area contributed by atoms with Gasteiger partial charge in [0.15, 0.2) is 0 Å². The van der Waals surface area contributed by atoms with E-state index in [-0.39, 0.29) is 0 Å². The van der Waals surface area contributed by atoms with E-state index in [2.05, 4.69) is 27.7 Å². The van der Waals surface area contributed by atoms with Crippen LogP contribution >= 0.6 is 11.8 Å². The Morgan fingerprint density at radius 2 is 1.93 bits per heavy atom. The molecule has 0 aromatic heterocycles. The van der Waals surface area contributed by atoms with Gasteiger partial charge in [-0.1, -0.05) is 27.7 Å². The summed E-state index contributed by atoms with van der Waals surface area (Å²) in [5.41, 5.74) is 0. The van der Waals surface area contributed by atoms with E-state index >= 15 is 0 Å². The first-order valence-electron chi connectivity index (χ1n) is 5.73. The van der Waals surface area contributed by atoms with Gasteiger partial charge in [0, 0.05) is 5.25 Å². The van der Waals surface area contributed by atoms with E-state index < -0.39 is 10.7 Å². The van der Waals surface area contributed by atoms with Crippen LogP contribution in [0.1, 0.15) is 53.9 Å². The van der Waals surface area contributed by atoms with E-state index in [1.807, 2.05) is 6.92 Å². The van der Waals surface area contributed by atoms with Crippen molar-refractivity contribution in [2.24, 2.45) is 5.92 Å². The molecule has 1 N–H and O–H groups in total. The highest BCUT2D eigenvalue weighted by atomic mass is 32.2. The fourth-order valence-electron chi connectivity index (χ4n) is 1.31. The summed E-state index contributed by atoms with van der Waals surface area (Å²) in [7, 11) is 0. The normalized spacial score (nSPS) is 17.5. The number of carboxylic acids is 1. The number of rotatable bonds is 7. The predicted molar refractivity (Wildman–Crippen MR) is 67.5 cm³/mol. The Morgan fingerprint density at radius 3 is 2.27 bits per heavy atom. The lowest BCUT2D eigenvalue weighted by atomic mass is 9.99. The van der Waals surface area contributed by atoms with Crippen molar-refractivity contribution in [3.8, 4) is 0 Å². The molecule has 0 bridgehead atoms. The minimum absolute atomic E-state index is 0.415. The number of aliphatic carboxylic acids is 1. The number of thioether (sulfide) groups is 1. The van der Waals surface area contributed by atoms with Crippen molar-refractivity contribution < 1.29 is 9.90 Å². The molecule has 0 amide bonds. The summed E-state index contributed by atoms with van der Waals surface area (Å²) >= 11 is 1.60. The number of hydrogen-bond donors (Lipinski definition) is 1. The third kappa shape index (κ3) is 5.45. The Labute approximate surface area is 97.8 Å². The molecular weight excluding hydrogens is 208 g/mol. The minimum Gasteiger partial charge on any atom is -0.480 e.